The molecule has 0 aliphatic carbocycles. The van der Waals surface area contributed by atoms with Crippen LogP contribution in [0.3, 0.4) is 0 Å². The van der Waals surface area contributed by atoms with E-state index in [0.717, 1.165) is 12.6 Å². The predicted octanol–water partition coefficient (Wildman–Crippen LogP) is 1.98. The van der Waals surface area contributed by atoms with Gasteiger partial charge in [0.1, 0.15) is 0 Å². The second-order valence-corrected chi connectivity index (χ2v) is 4.45. The molecule has 0 aromatic heterocycles. The average Bonchev–Trinajstić information content (AvgIpc) is 2.45. The SMILES string of the molecule is N#Cc1cc(NCC2CNCCO2)ccc1C(F)(F)F. The predicted molar refractivity (Wildman–Crippen MR) is 67.3 cm³/mol. The highest BCUT2D eigenvalue weighted by molar-refractivity contribution is 5.53. The number of rotatable bonds is 3. The number of halogens is 3. The normalized spacial score (nSPS) is 19.4. The van der Waals surface area contributed by atoms with Crippen LogP contribution in [0, 0.1) is 11.3 Å². The number of nitrogens with zero attached hydrogens (tertiary/aromatic N) is 1. The maximum atomic E-state index is 12.6. The number of nitrogens with one attached hydrogen (secondary N) is 2. The van der Waals surface area contributed by atoms with Gasteiger partial charge >= 0.3 is 6.18 Å². The summed E-state index contributed by atoms with van der Waals surface area (Å²) in [5.41, 5.74) is -0.824. The minimum absolute atomic E-state index is 0.0309. The number of ether oxygens (including phenoxy) is 1. The van der Waals surface area contributed by atoms with Crippen LogP contribution < -0.4 is 10.6 Å². The van der Waals surface area contributed by atoms with Gasteiger partial charge in [0.15, 0.2) is 0 Å². The van der Waals surface area contributed by atoms with Crippen molar-refractivity contribution in [3.8, 4) is 6.07 Å². The number of hydrogen-bond acceptors (Lipinski definition) is 4. The lowest BCUT2D eigenvalue weighted by molar-refractivity contribution is -0.137. The fourth-order valence-corrected chi connectivity index (χ4v) is 1.98. The molecule has 2 rings (SSSR count). The standard InChI is InChI=1S/C13H14F3N3O/c14-13(15,16)12-2-1-10(5-9(12)6-17)19-8-11-7-18-3-4-20-11/h1-2,5,11,18-19H,3-4,7-8H2. The van der Waals surface area contributed by atoms with Crippen molar-refractivity contribution in [3.05, 3.63) is 29.3 Å². The zero-order chi connectivity index (χ0) is 14.6. The maximum Gasteiger partial charge on any atom is 0.417 e. The van der Waals surface area contributed by atoms with Crippen LogP contribution >= 0.6 is 0 Å². The fraction of sp³-hybridized carbons (Fsp3) is 0.462. The second-order valence-electron chi connectivity index (χ2n) is 4.45. The summed E-state index contributed by atoms with van der Waals surface area (Å²) in [7, 11) is 0. The molecule has 4 nitrogen and oxygen atoms in total. The van der Waals surface area contributed by atoms with E-state index >= 15 is 0 Å². The number of nitriles is 1. The molecule has 2 N–H and O–H groups in total. The minimum Gasteiger partial charge on any atom is -0.382 e. The molecule has 20 heavy (non-hydrogen) atoms. The monoisotopic (exact) mass is 285 g/mol. The van der Waals surface area contributed by atoms with Crippen LogP contribution in [0.1, 0.15) is 11.1 Å². The van der Waals surface area contributed by atoms with E-state index in [1.54, 1.807) is 6.07 Å². The third-order valence-corrected chi connectivity index (χ3v) is 2.98. The number of benzene rings is 1. The molecule has 0 spiro atoms. The van der Waals surface area contributed by atoms with Gasteiger partial charge in [0, 0.05) is 25.3 Å². The molecule has 1 aliphatic rings. The summed E-state index contributed by atoms with van der Waals surface area (Å²) in [5, 5.41) is 15.0. The third-order valence-electron chi connectivity index (χ3n) is 2.98. The summed E-state index contributed by atoms with van der Waals surface area (Å²) in [6.45, 7) is 2.58. The third kappa shape index (κ3) is 3.62. The van der Waals surface area contributed by atoms with E-state index in [1.165, 1.54) is 12.1 Å². The van der Waals surface area contributed by atoms with E-state index in [1.807, 2.05) is 0 Å². The summed E-state index contributed by atoms with van der Waals surface area (Å²) in [5.74, 6) is 0. The van der Waals surface area contributed by atoms with Crippen LogP contribution in [-0.4, -0.2) is 32.3 Å². The van der Waals surface area contributed by atoms with Crippen LogP contribution in [0.15, 0.2) is 18.2 Å². The quantitative estimate of drug-likeness (QED) is 0.891. The van der Waals surface area contributed by atoms with Gasteiger partial charge in [-0.3, -0.25) is 0 Å². The summed E-state index contributed by atoms with van der Waals surface area (Å²) >= 11 is 0. The topological polar surface area (TPSA) is 57.1 Å². The van der Waals surface area contributed by atoms with E-state index in [-0.39, 0.29) is 11.7 Å². The highest BCUT2D eigenvalue weighted by Gasteiger charge is 2.33. The van der Waals surface area contributed by atoms with Crippen molar-refractivity contribution in [1.29, 1.82) is 5.26 Å². The number of hydrogen-bond donors (Lipinski definition) is 2. The Labute approximate surface area is 114 Å². The molecular formula is C13H14F3N3O. The average molecular weight is 285 g/mol. The Morgan fingerprint density at radius 1 is 1.45 bits per heavy atom. The number of anilines is 1. The van der Waals surface area contributed by atoms with Crippen LogP contribution in [0.25, 0.3) is 0 Å². The van der Waals surface area contributed by atoms with Crippen molar-refractivity contribution in [2.45, 2.75) is 12.3 Å². The Kier molecular flexibility index (Phi) is 4.47. The van der Waals surface area contributed by atoms with Crippen molar-refractivity contribution < 1.29 is 17.9 Å². The van der Waals surface area contributed by atoms with E-state index in [0.29, 0.717) is 25.4 Å². The molecule has 1 fully saturated rings. The first-order valence-electron chi connectivity index (χ1n) is 6.18. The largest absolute Gasteiger partial charge is 0.417 e. The van der Waals surface area contributed by atoms with Crippen LogP contribution in [0.4, 0.5) is 18.9 Å². The van der Waals surface area contributed by atoms with Crippen LogP contribution in [-0.2, 0) is 10.9 Å². The van der Waals surface area contributed by atoms with Crippen LogP contribution in [0.5, 0.6) is 0 Å². The Bertz CT molecular complexity index is 505. The smallest absolute Gasteiger partial charge is 0.382 e. The van der Waals surface area contributed by atoms with Gasteiger partial charge in [-0.2, -0.15) is 18.4 Å². The van der Waals surface area contributed by atoms with Gasteiger partial charge in [-0.05, 0) is 18.2 Å². The van der Waals surface area contributed by atoms with E-state index < -0.39 is 11.7 Å². The maximum absolute atomic E-state index is 12.6. The first-order chi connectivity index (χ1) is 9.50. The number of morpholine rings is 1. The van der Waals surface area contributed by atoms with Crippen LogP contribution in [0.2, 0.25) is 0 Å². The minimum atomic E-state index is -4.51. The van der Waals surface area contributed by atoms with Gasteiger partial charge in [-0.1, -0.05) is 0 Å². The van der Waals surface area contributed by atoms with Crippen molar-refractivity contribution in [1.82, 2.24) is 5.32 Å². The summed E-state index contributed by atoms with van der Waals surface area (Å²) < 4.78 is 43.4. The lowest BCUT2D eigenvalue weighted by atomic mass is 10.1. The lowest BCUT2D eigenvalue weighted by Gasteiger charge is -2.24. The Morgan fingerprint density at radius 3 is 2.85 bits per heavy atom. The lowest BCUT2D eigenvalue weighted by Crippen LogP contribution is -2.42. The molecule has 1 aromatic rings. The molecule has 0 bridgehead atoms. The van der Waals surface area contributed by atoms with Gasteiger partial charge in [-0.25, -0.2) is 0 Å². The Hall–Kier alpha value is -1.78. The molecule has 7 heteroatoms. The molecule has 1 unspecified atom stereocenters. The molecule has 0 saturated carbocycles. The molecule has 0 amide bonds. The summed E-state index contributed by atoms with van der Waals surface area (Å²) in [4.78, 5) is 0. The van der Waals surface area contributed by atoms with Crippen molar-refractivity contribution in [3.63, 3.8) is 0 Å². The second kappa shape index (κ2) is 6.11. The van der Waals surface area contributed by atoms with Gasteiger partial charge in [0.25, 0.3) is 0 Å². The molecule has 0 radical (unpaired) electrons. The highest BCUT2D eigenvalue weighted by Crippen LogP contribution is 2.32. The van der Waals surface area contributed by atoms with E-state index in [2.05, 4.69) is 10.6 Å². The van der Waals surface area contributed by atoms with E-state index in [4.69, 9.17) is 10.00 Å². The zero-order valence-corrected chi connectivity index (χ0v) is 10.6. The fourth-order valence-electron chi connectivity index (χ4n) is 1.98. The van der Waals surface area contributed by atoms with Crippen molar-refractivity contribution in [2.75, 3.05) is 31.6 Å². The molecule has 1 atom stereocenters. The van der Waals surface area contributed by atoms with Gasteiger partial charge in [0.05, 0.1) is 29.9 Å². The molecule has 1 aliphatic heterocycles. The van der Waals surface area contributed by atoms with Crippen molar-refractivity contribution >= 4 is 5.69 Å². The van der Waals surface area contributed by atoms with Crippen molar-refractivity contribution in [2.24, 2.45) is 0 Å². The molecule has 108 valence electrons. The molecule has 1 aromatic carbocycles. The van der Waals surface area contributed by atoms with E-state index in [9.17, 15) is 13.2 Å². The summed E-state index contributed by atoms with van der Waals surface area (Å²) in [6.07, 6.45) is -4.54. The van der Waals surface area contributed by atoms with Gasteiger partial charge in [-0.15, -0.1) is 0 Å². The van der Waals surface area contributed by atoms with Gasteiger partial charge < -0.3 is 15.4 Å². The summed E-state index contributed by atoms with van der Waals surface area (Å²) in [6, 6.07) is 5.02. The molecule has 1 saturated heterocycles. The Morgan fingerprint density at radius 2 is 2.25 bits per heavy atom. The Balaban J connectivity index is 2.04. The first kappa shape index (κ1) is 14.6. The first-order valence-corrected chi connectivity index (χ1v) is 6.18. The van der Waals surface area contributed by atoms with Gasteiger partial charge in [0.2, 0.25) is 0 Å². The molecule has 1 heterocycles. The molecular weight excluding hydrogens is 271 g/mol. The zero-order valence-electron chi connectivity index (χ0n) is 10.6. The highest BCUT2D eigenvalue weighted by atomic mass is 19.4. The number of alkyl halides is 3.